The van der Waals surface area contributed by atoms with Gasteiger partial charge in [0.05, 0.1) is 6.61 Å². The monoisotopic (exact) mass is 258 g/mol. The number of anilines is 2. The van der Waals surface area contributed by atoms with Crippen LogP contribution in [0.1, 0.15) is 17.3 Å². The second-order valence-corrected chi connectivity index (χ2v) is 3.75. The van der Waals surface area contributed by atoms with Gasteiger partial charge in [-0.2, -0.15) is 0 Å². The Morgan fingerprint density at radius 2 is 2.22 bits per heavy atom. The van der Waals surface area contributed by atoms with Gasteiger partial charge in [-0.3, -0.25) is 4.79 Å². The van der Waals surface area contributed by atoms with Crippen molar-refractivity contribution in [1.82, 2.24) is 0 Å². The molecule has 0 bridgehead atoms. The van der Waals surface area contributed by atoms with Crippen molar-refractivity contribution >= 4 is 17.2 Å². The fourth-order valence-corrected chi connectivity index (χ4v) is 1.41. The smallest absolute Gasteiger partial charge is 0.261 e. The van der Waals surface area contributed by atoms with Crippen molar-refractivity contribution in [3.05, 3.63) is 23.8 Å². The number of ether oxygens (including phenoxy) is 1. The first-order valence-corrected chi connectivity index (χ1v) is 5.51. The number of carbonyl (C=O) groups is 1. The molecule has 1 rings (SSSR count). The molecule has 18 heavy (non-hydrogen) atoms. The van der Waals surface area contributed by atoms with Gasteiger partial charge >= 0.3 is 0 Å². The highest BCUT2D eigenvalue weighted by atomic mass is 19.3. The number of ketones is 1. The third-order valence-corrected chi connectivity index (χ3v) is 2.25. The summed E-state index contributed by atoms with van der Waals surface area (Å²) in [6.45, 7) is 1.42. The number of nitrogens with one attached hydrogen (secondary N) is 1. The van der Waals surface area contributed by atoms with Crippen molar-refractivity contribution in [2.24, 2.45) is 0 Å². The van der Waals surface area contributed by atoms with Crippen LogP contribution in [0.2, 0.25) is 0 Å². The topological polar surface area (TPSA) is 64.3 Å². The molecule has 3 N–H and O–H groups in total. The lowest BCUT2D eigenvalue weighted by Gasteiger charge is -2.09. The van der Waals surface area contributed by atoms with Crippen LogP contribution in [-0.4, -0.2) is 32.0 Å². The SMILES string of the molecule is CC(=O)c1cc(NCCOCC(F)F)ccc1N. The Labute approximate surface area is 104 Å². The van der Waals surface area contributed by atoms with E-state index in [1.165, 1.54) is 6.92 Å². The highest BCUT2D eigenvalue weighted by Crippen LogP contribution is 2.18. The molecule has 6 heteroatoms. The van der Waals surface area contributed by atoms with E-state index in [4.69, 9.17) is 10.5 Å². The highest BCUT2D eigenvalue weighted by Gasteiger charge is 2.05. The van der Waals surface area contributed by atoms with Gasteiger partial charge in [0.15, 0.2) is 5.78 Å². The number of alkyl halides is 2. The van der Waals surface area contributed by atoms with Gasteiger partial charge in [0.25, 0.3) is 6.43 Å². The molecule has 0 atom stereocenters. The van der Waals surface area contributed by atoms with E-state index < -0.39 is 13.0 Å². The minimum atomic E-state index is -2.45. The summed E-state index contributed by atoms with van der Waals surface area (Å²) in [7, 11) is 0. The number of rotatable bonds is 7. The Morgan fingerprint density at radius 3 is 2.83 bits per heavy atom. The molecule has 100 valence electrons. The summed E-state index contributed by atoms with van der Waals surface area (Å²) in [5.41, 5.74) is 7.20. The van der Waals surface area contributed by atoms with Gasteiger partial charge in [-0.15, -0.1) is 0 Å². The molecule has 0 aliphatic carbocycles. The molecule has 0 fully saturated rings. The predicted octanol–water partition coefficient (Wildman–Crippen LogP) is 2.17. The van der Waals surface area contributed by atoms with E-state index in [0.717, 1.165) is 0 Å². The molecule has 1 aromatic carbocycles. The minimum absolute atomic E-state index is 0.120. The Balaban J connectivity index is 2.43. The first kappa shape index (κ1) is 14.4. The number of benzene rings is 1. The predicted molar refractivity (Wildman–Crippen MR) is 66.2 cm³/mol. The molecule has 1 aromatic rings. The van der Waals surface area contributed by atoms with Crippen LogP contribution in [0.25, 0.3) is 0 Å². The van der Waals surface area contributed by atoms with Gasteiger partial charge < -0.3 is 15.8 Å². The molecule has 0 saturated heterocycles. The van der Waals surface area contributed by atoms with E-state index in [2.05, 4.69) is 5.32 Å². The van der Waals surface area contributed by atoms with Crippen LogP contribution < -0.4 is 11.1 Å². The van der Waals surface area contributed by atoms with Gasteiger partial charge in [0.2, 0.25) is 0 Å². The Kier molecular flexibility index (Phi) is 5.51. The van der Waals surface area contributed by atoms with Crippen LogP contribution in [0, 0.1) is 0 Å². The largest absolute Gasteiger partial charge is 0.398 e. The van der Waals surface area contributed by atoms with Gasteiger partial charge in [0.1, 0.15) is 6.61 Å². The van der Waals surface area contributed by atoms with Gasteiger partial charge in [-0.25, -0.2) is 8.78 Å². The Morgan fingerprint density at radius 1 is 1.50 bits per heavy atom. The zero-order chi connectivity index (χ0) is 13.5. The van der Waals surface area contributed by atoms with Crippen LogP contribution in [0.5, 0.6) is 0 Å². The van der Waals surface area contributed by atoms with E-state index in [-0.39, 0.29) is 12.4 Å². The van der Waals surface area contributed by atoms with Crippen LogP contribution in [0.4, 0.5) is 20.2 Å². The zero-order valence-electron chi connectivity index (χ0n) is 10.1. The number of nitrogens with two attached hydrogens (primary N) is 1. The summed E-state index contributed by atoms with van der Waals surface area (Å²) in [6, 6.07) is 4.97. The van der Waals surface area contributed by atoms with E-state index in [1.807, 2.05) is 0 Å². The van der Waals surface area contributed by atoms with Crippen molar-refractivity contribution in [2.75, 3.05) is 30.8 Å². The van der Waals surface area contributed by atoms with Crippen molar-refractivity contribution in [3.8, 4) is 0 Å². The molecule has 0 unspecified atom stereocenters. The molecule has 4 nitrogen and oxygen atoms in total. The third kappa shape index (κ3) is 4.67. The number of nitrogen functional groups attached to an aromatic ring is 1. The van der Waals surface area contributed by atoms with Crippen LogP contribution in [-0.2, 0) is 4.74 Å². The summed E-state index contributed by atoms with van der Waals surface area (Å²) in [6.07, 6.45) is -2.45. The van der Waals surface area contributed by atoms with Crippen molar-refractivity contribution in [2.45, 2.75) is 13.3 Å². The fraction of sp³-hybridized carbons (Fsp3) is 0.417. The lowest BCUT2D eigenvalue weighted by Crippen LogP contribution is -2.13. The molecule has 0 aliphatic heterocycles. The maximum Gasteiger partial charge on any atom is 0.261 e. The van der Waals surface area contributed by atoms with E-state index in [1.54, 1.807) is 18.2 Å². The summed E-state index contributed by atoms with van der Waals surface area (Å²) in [4.78, 5) is 11.3. The lowest BCUT2D eigenvalue weighted by molar-refractivity contribution is 0.0215. The highest BCUT2D eigenvalue weighted by molar-refractivity contribution is 5.99. The minimum Gasteiger partial charge on any atom is -0.398 e. The van der Waals surface area contributed by atoms with Crippen molar-refractivity contribution in [3.63, 3.8) is 0 Å². The van der Waals surface area contributed by atoms with E-state index in [0.29, 0.717) is 23.5 Å². The zero-order valence-corrected chi connectivity index (χ0v) is 10.1. The second-order valence-electron chi connectivity index (χ2n) is 3.75. The summed E-state index contributed by atoms with van der Waals surface area (Å²) in [5.74, 6) is -0.120. The number of hydrogen-bond acceptors (Lipinski definition) is 4. The van der Waals surface area contributed by atoms with E-state index >= 15 is 0 Å². The second kappa shape index (κ2) is 6.90. The lowest BCUT2D eigenvalue weighted by atomic mass is 10.1. The van der Waals surface area contributed by atoms with Gasteiger partial charge in [-0.1, -0.05) is 0 Å². The molecule has 0 heterocycles. The molecule has 0 radical (unpaired) electrons. The first-order chi connectivity index (χ1) is 8.50. The summed E-state index contributed by atoms with van der Waals surface area (Å²) in [5, 5.41) is 2.96. The maximum atomic E-state index is 11.8. The average molecular weight is 258 g/mol. The molecule has 0 aromatic heterocycles. The quantitative estimate of drug-likeness (QED) is 0.447. The molecule has 0 aliphatic rings. The van der Waals surface area contributed by atoms with E-state index in [9.17, 15) is 13.6 Å². The Hall–Kier alpha value is -1.69. The average Bonchev–Trinajstić information content (AvgIpc) is 2.30. The van der Waals surface area contributed by atoms with Gasteiger partial charge in [0, 0.05) is 23.5 Å². The molecule has 0 spiro atoms. The normalized spacial score (nSPS) is 10.7. The molecular formula is C12H16F2N2O2. The summed E-state index contributed by atoms with van der Waals surface area (Å²) < 4.78 is 28.3. The van der Waals surface area contributed by atoms with Crippen LogP contribution >= 0.6 is 0 Å². The molecule has 0 amide bonds. The van der Waals surface area contributed by atoms with Gasteiger partial charge in [-0.05, 0) is 25.1 Å². The van der Waals surface area contributed by atoms with Crippen molar-refractivity contribution in [1.29, 1.82) is 0 Å². The summed E-state index contributed by atoms with van der Waals surface area (Å²) >= 11 is 0. The third-order valence-electron chi connectivity index (χ3n) is 2.25. The standard InChI is InChI=1S/C12H16F2N2O2/c1-8(17)10-6-9(2-3-11(10)15)16-4-5-18-7-12(13)14/h2-3,6,12,16H,4-5,7,15H2,1H3. The first-order valence-electron chi connectivity index (χ1n) is 5.51. The number of halogens is 2. The molecular weight excluding hydrogens is 242 g/mol. The fourth-order valence-electron chi connectivity index (χ4n) is 1.41. The number of carbonyl (C=O) groups excluding carboxylic acids is 1. The molecule has 0 saturated carbocycles. The number of hydrogen-bond donors (Lipinski definition) is 2. The van der Waals surface area contributed by atoms with Crippen molar-refractivity contribution < 1.29 is 18.3 Å². The maximum absolute atomic E-state index is 11.8. The number of Topliss-reactive ketones (excluding diaryl/α,β-unsaturated/α-hetero) is 1. The van der Waals surface area contributed by atoms with Crippen LogP contribution in [0.3, 0.4) is 0 Å². The Bertz CT molecular complexity index is 411. The van der Waals surface area contributed by atoms with Crippen LogP contribution in [0.15, 0.2) is 18.2 Å².